The number of nitrogens with zero attached hydrogens (tertiary/aromatic N) is 4. The van der Waals surface area contributed by atoms with Crippen molar-refractivity contribution in [2.75, 3.05) is 51.7 Å². The number of rotatable bonds is 9. The summed E-state index contributed by atoms with van der Waals surface area (Å²) >= 11 is 0. The molecule has 5 rings (SSSR count). The van der Waals surface area contributed by atoms with Crippen LogP contribution in [-0.4, -0.2) is 84.2 Å². The van der Waals surface area contributed by atoms with Crippen LogP contribution in [0.25, 0.3) is 10.9 Å². The largest absolute Gasteiger partial charge is 0.494 e. The van der Waals surface area contributed by atoms with E-state index in [2.05, 4.69) is 27.1 Å². The number of piperazine rings is 1. The van der Waals surface area contributed by atoms with Crippen molar-refractivity contribution < 1.29 is 19.1 Å². The molecule has 0 atom stereocenters. The molecule has 1 aliphatic heterocycles. The summed E-state index contributed by atoms with van der Waals surface area (Å²) in [5.41, 5.74) is 4.31. The van der Waals surface area contributed by atoms with Crippen molar-refractivity contribution in [3.05, 3.63) is 89.2 Å². The summed E-state index contributed by atoms with van der Waals surface area (Å²) in [6.07, 6.45) is 0.388. The van der Waals surface area contributed by atoms with Crippen LogP contribution in [0.4, 0.5) is 15.8 Å². The van der Waals surface area contributed by atoms with E-state index in [9.17, 15) is 19.1 Å². The number of aromatic nitrogens is 1. The summed E-state index contributed by atoms with van der Waals surface area (Å²) in [6, 6.07) is 19.2. The van der Waals surface area contributed by atoms with Crippen LogP contribution >= 0.6 is 0 Å². The second-order valence-corrected chi connectivity index (χ2v) is 10.9. The maximum absolute atomic E-state index is 14.0. The van der Waals surface area contributed by atoms with Gasteiger partial charge in [-0.3, -0.25) is 14.5 Å². The van der Waals surface area contributed by atoms with Gasteiger partial charge in [-0.1, -0.05) is 25.1 Å². The van der Waals surface area contributed by atoms with Crippen LogP contribution in [0.5, 0.6) is 5.88 Å². The topological polar surface area (TPSA) is 104 Å². The van der Waals surface area contributed by atoms with E-state index in [0.29, 0.717) is 52.9 Å². The Morgan fingerprint density at radius 1 is 1.05 bits per heavy atom. The van der Waals surface area contributed by atoms with E-state index in [4.69, 9.17) is 4.99 Å². The SMILES string of the molecule is CCC(=O)NCc1cccc(C(=Nc2ccc(N(C)C(=O)CN3CCN(C)CC3)cc2)c2c(O)[nH]c3cc(F)ccc23)c1. The first-order chi connectivity index (χ1) is 20.7. The number of aromatic hydroxyl groups is 1. The van der Waals surface area contributed by atoms with Crippen molar-refractivity contribution in [1.82, 2.24) is 20.1 Å². The molecular formula is C33H37FN6O3. The normalized spacial score (nSPS) is 14.7. The first kappa shape index (κ1) is 29.9. The first-order valence-corrected chi connectivity index (χ1v) is 14.4. The number of hydrogen-bond acceptors (Lipinski definition) is 6. The lowest BCUT2D eigenvalue weighted by Gasteiger charge is -2.32. The van der Waals surface area contributed by atoms with E-state index in [0.717, 1.165) is 37.4 Å². The summed E-state index contributed by atoms with van der Waals surface area (Å²) in [5, 5.41) is 14.5. The Morgan fingerprint density at radius 2 is 1.79 bits per heavy atom. The summed E-state index contributed by atoms with van der Waals surface area (Å²) in [6.45, 7) is 6.14. The number of aromatic amines is 1. The van der Waals surface area contributed by atoms with Crippen molar-refractivity contribution >= 4 is 39.8 Å². The molecule has 9 nitrogen and oxygen atoms in total. The van der Waals surface area contributed by atoms with Gasteiger partial charge in [-0.05, 0) is 61.1 Å². The highest BCUT2D eigenvalue weighted by atomic mass is 19.1. The van der Waals surface area contributed by atoms with Gasteiger partial charge in [-0.15, -0.1) is 0 Å². The van der Waals surface area contributed by atoms with Gasteiger partial charge < -0.3 is 25.2 Å². The van der Waals surface area contributed by atoms with Gasteiger partial charge in [-0.25, -0.2) is 9.38 Å². The van der Waals surface area contributed by atoms with Crippen LogP contribution in [0.3, 0.4) is 0 Å². The van der Waals surface area contributed by atoms with Crippen LogP contribution in [0.2, 0.25) is 0 Å². The number of nitrogens with one attached hydrogen (secondary N) is 2. The molecule has 1 saturated heterocycles. The van der Waals surface area contributed by atoms with Crippen LogP contribution in [0.15, 0.2) is 71.7 Å². The molecular weight excluding hydrogens is 547 g/mol. The zero-order valence-corrected chi connectivity index (χ0v) is 24.7. The molecule has 0 unspecified atom stereocenters. The van der Waals surface area contributed by atoms with Gasteiger partial charge in [0.2, 0.25) is 11.8 Å². The number of benzene rings is 3. The predicted octanol–water partition coefficient (Wildman–Crippen LogP) is 4.42. The number of likely N-dealkylation sites (N-methyl/N-ethyl adjacent to an activating group) is 2. The highest BCUT2D eigenvalue weighted by molar-refractivity contribution is 6.22. The van der Waals surface area contributed by atoms with Crippen molar-refractivity contribution in [2.24, 2.45) is 4.99 Å². The highest BCUT2D eigenvalue weighted by Crippen LogP contribution is 2.32. The number of amides is 2. The van der Waals surface area contributed by atoms with Gasteiger partial charge in [0.15, 0.2) is 5.88 Å². The van der Waals surface area contributed by atoms with E-state index in [1.54, 1.807) is 24.9 Å². The fourth-order valence-corrected chi connectivity index (χ4v) is 5.14. The van der Waals surface area contributed by atoms with E-state index in [-0.39, 0.29) is 17.7 Å². The number of fused-ring (bicyclic) bond motifs is 1. The smallest absolute Gasteiger partial charge is 0.240 e. The monoisotopic (exact) mass is 584 g/mol. The number of halogens is 1. The summed E-state index contributed by atoms with van der Waals surface area (Å²) in [4.78, 5) is 38.7. The minimum Gasteiger partial charge on any atom is -0.494 e. The van der Waals surface area contributed by atoms with Gasteiger partial charge in [0.1, 0.15) is 5.82 Å². The molecule has 224 valence electrons. The summed E-state index contributed by atoms with van der Waals surface area (Å²) in [7, 11) is 3.86. The van der Waals surface area contributed by atoms with Crippen molar-refractivity contribution in [3.63, 3.8) is 0 Å². The van der Waals surface area contributed by atoms with Crippen molar-refractivity contribution in [1.29, 1.82) is 0 Å². The minimum atomic E-state index is -0.422. The van der Waals surface area contributed by atoms with Crippen molar-refractivity contribution in [3.8, 4) is 5.88 Å². The Bertz CT molecular complexity index is 1640. The number of aliphatic imine (C=N–C) groups is 1. The fraction of sp³-hybridized carbons (Fsp3) is 0.303. The van der Waals surface area contributed by atoms with E-state index in [1.165, 1.54) is 12.1 Å². The molecule has 0 spiro atoms. The zero-order chi connectivity index (χ0) is 30.5. The number of anilines is 1. The van der Waals surface area contributed by atoms with E-state index in [1.807, 2.05) is 48.5 Å². The molecule has 2 amide bonds. The standard InChI is InChI=1S/C33H37FN6O3/c1-4-29(41)35-20-22-6-5-7-23(18-22)32(31-27-13-8-24(34)19-28(27)37-33(31)43)36-25-9-11-26(12-10-25)39(3)30(42)21-40-16-14-38(2)15-17-40/h5-13,18-19,37,43H,4,14-17,20-21H2,1-3H3,(H,35,41). The van der Waals surface area contributed by atoms with Gasteiger partial charge in [0, 0.05) is 62.8 Å². The molecule has 1 aliphatic rings. The molecule has 4 aromatic rings. The molecule has 0 aliphatic carbocycles. The Kier molecular flexibility index (Phi) is 9.18. The van der Waals surface area contributed by atoms with Gasteiger partial charge in [0.05, 0.1) is 29.0 Å². The molecule has 3 aromatic carbocycles. The van der Waals surface area contributed by atoms with Crippen LogP contribution in [-0.2, 0) is 16.1 Å². The van der Waals surface area contributed by atoms with E-state index >= 15 is 0 Å². The predicted molar refractivity (Wildman–Crippen MR) is 168 cm³/mol. The van der Waals surface area contributed by atoms with Crippen molar-refractivity contribution in [2.45, 2.75) is 19.9 Å². The summed E-state index contributed by atoms with van der Waals surface area (Å²) in [5.74, 6) is -0.587. The molecule has 2 heterocycles. The fourth-order valence-electron chi connectivity index (χ4n) is 5.14. The summed E-state index contributed by atoms with van der Waals surface area (Å²) < 4.78 is 14.0. The van der Waals surface area contributed by atoms with Gasteiger partial charge in [0.25, 0.3) is 0 Å². The maximum Gasteiger partial charge on any atom is 0.240 e. The first-order valence-electron chi connectivity index (χ1n) is 14.4. The third-order valence-electron chi connectivity index (χ3n) is 7.80. The Morgan fingerprint density at radius 3 is 2.51 bits per heavy atom. The molecule has 0 radical (unpaired) electrons. The third kappa shape index (κ3) is 7.10. The molecule has 0 saturated carbocycles. The lowest BCUT2D eigenvalue weighted by Crippen LogP contribution is -2.48. The molecule has 43 heavy (non-hydrogen) atoms. The Balaban J connectivity index is 1.46. The van der Waals surface area contributed by atoms with Gasteiger partial charge >= 0.3 is 0 Å². The second kappa shape index (κ2) is 13.2. The molecule has 3 N–H and O–H groups in total. The molecule has 0 bridgehead atoms. The van der Waals surface area contributed by atoms with Gasteiger partial charge in [-0.2, -0.15) is 0 Å². The average molecular weight is 585 g/mol. The number of carbonyl (C=O) groups is 2. The lowest BCUT2D eigenvalue weighted by atomic mass is 9.99. The zero-order valence-electron chi connectivity index (χ0n) is 24.7. The third-order valence-corrected chi connectivity index (χ3v) is 7.80. The Hall–Kier alpha value is -4.54. The van der Waals surface area contributed by atoms with Crippen LogP contribution < -0.4 is 10.2 Å². The Labute approximate surface area is 250 Å². The highest BCUT2D eigenvalue weighted by Gasteiger charge is 2.21. The maximum atomic E-state index is 14.0. The molecule has 1 aromatic heterocycles. The lowest BCUT2D eigenvalue weighted by molar-refractivity contribution is -0.121. The molecule has 10 heteroatoms. The van der Waals surface area contributed by atoms with Crippen LogP contribution in [0.1, 0.15) is 30.0 Å². The minimum absolute atomic E-state index is 0.0180. The second-order valence-electron chi connectivity index (χ2n) is 10.9. The number of carbonyl (C=O) groups excluding carboxylic acids is 2. The quantitative estimate of drug-likeness (QED) is 0.253. The molecule has 1 fully saturated rings. The average Bonchev–Trinajstić information content (AvgIpc) is 3.34. The number of H-pyrrole nitrogens is 1. The van der Waals surface area contributed by atoms with Crippen LogP contribution in [0, 0.1) is 5.82 Å². The number of hydrogen-bond donors (Lipinski definition) is 3. The van der Waals surface area contributed by atoms with E-state index < -0.39 is 5.82 Å².